The zero-order valence-electron chi connectivity index (χ0n) is 20.0. The number of carbonyl (C=O) groups excluding carboxylic acids is 2. The summed E-state index contributed by atoms with van der Waals surface area (Å²) in [4.78, 5) is 24.4. The number of hydrogen-bond acceptors (Lipinski definition) is 6. The van der Waals surface area contributed by atoms with Crippen molar-refractivity contribution in [3.8, 4) is 17.2 Å². The van der Waals surface area contributed by atoms with Gasteiger partial charge in [0.25, 0.3) is 0 Å². The van der Waals surface area contributed by atoms with Gasteiger partial charge in [0.2, 0.25) is 11.8 Å². The fraction of sp³-hybridized carbons (Fsp3) is 0.192. The van der Waals surface area contributed by atoms with Crippen LogP contribution in [0.1, 0.15) is 24.5 Å². The first-order chi connectivity index (χ1) is 17.8. The van der Waals surface area contributed by atoms with Crippen molar-refractivity contribution >= 4 is 62.8 Å². The molecule has 0 unspecified atom stereocenters. The monoisotopic (exact) mass is 607 g/mol. The van der Waals surface area contributed by atoms with Gasteiger partial charge in [-0.25, -0.2) is 5.43 Å². The van der Waals surface area contributed by atoms with Crippen molar-refractivity contribution in [1.82, 2.24) is 5.43 Å². The Morgan fingerprint density at radius 2 is 1.81 bits per heavy atom. The number of amides is 2. The standard InChI is InChI=1S/C26H24BrCl2N3O5/c1-3-36-23-11-16(10-19(27)26(23)37-15-17-8-9-18(28)12-20(17)29)14-30-32-25(34)13-24(33)31-21-6-4-5-7-22(21)35-2/h4-12,14H,3,13,15H2,1-2H3,(H,31,33)(H,32,34). The average Bonchev–Trinajstić information content (AvgIpc) is 2.85. The van der Waals surface area contributed by atoms with Crippen LogP contribution in [0.2, 0.25) is 10.0 Å². The molecule has 11 heteroatoms. The lowest BCUT2D eigenvalue weighted by Gasteiger charge is -2.15. The number of carbonyl (C=O) groups is 2. The molecule has 0 fully saturated rings. The highest BCUT2D eigenvalue weighted by atomic mass is 79.9. The van der Waals surface area contributed by atoms with Gasteiger partial charge in [0.1, 0.15) is 18.8 Å². The third kappa shape index (κ3) is 8.38. The average molecular weight is 609 g/mol. The fourth-order valence-corrected chi connectivity index (χ4v) is 4.20. The van der Waals surface area contributed by atoms with Gasteiger partial charge in [0, 0.05) is 15.6 Å². The highest BCUT2D eigenvalue weighted by Gasteiger charge is 2.14. The molecule has 0 aliphatic carbocycles. The molecule has 2 N–H and O–H groups in total. The number of benzene rings is 3. The molecule has 0 spiro atoms. The van der Waals surface area contributed by atoms with Crippen molar-refractivity contribution < 1.29 is 23.8 Å². The summed E-state index contributed by atoms with van der Waals surface area (Å²) in [6.07, 6.45) is 1.02. The van der Waals surface area contributed by atoms with Crippen LogP contribution in [0.25, 0.3) is 0 Å². The second-order valence-corrected chi connectivity index (χ2v) is 9.20. The smallest absolute Gasteiger partial charge is 0.249 e. The quantitative estimate of drug-likeness (QED) is 0.153. The number of hydrogen-bond donors (Lipinski definition) is 2. The molecule has 0 bridgehead atoms. The van der Waals surface area contributed by atoms with Gasteiger partial charge in [-0.3, -0.25) is 9.59 Å². The summed E-state index contributed by atoms with van der Waals surface area (Å²) in [5.74, 6) is 0.384. The number of halogens is 3. The molecule has 0 aromatic heterocycles. The van der Waals surface area contributed by atoms with Crippen LogP contribution in [0.15, 0.2) is 64.2 Å². The van der Waals surface area contributed by atoms with E-state index in [2.05, 4.69) is 31.8 Å². The second-order valence-electron chi connectivity index (χ2n) is 7.51. The van der Waals surface area contributed by atoms with Crippen molar-refractivity contribution in [2.45, 2.75) is 20.0 Å². The summed E-state index contributed by atoms with van der Waals surface area (Å²) < 4.78 is 17.5. The molecule has 0 saturated carbocycles. The maximum Gasteiger partial charge on any atom is 0.249 e. The Bertz CT molecular complexity index is 1300. The van der Waals surface area contributed by atoms with Crippen LogP contribution in [0.4, 0.5) is 5.69 Å². The summed E-state index contributed by atoms with van der Waals surface area (Å²) in [6, 6.07) is 15.6. The van der Waals surface area contributed by atoms with Crippen LogP contribution in [-0.4, -0.2) is 31.7 Å². The van der Waals surface area contributed by atoms with E-state index in [1.807, 2.05) is 6.92 Å². The van der Waals surface area contributed by atoms with Gasteiger partial charge in [-0.05, 0) is 64.8 Å². The first kappa shape index (κ1) is 28.3. The SMILES string of the molecule is CCOc1cc(C=NNC(=O)CC(=O)Nc2ccccc2OC)cc(Br)c1OCc1ccc(Cl)cc1Cl. The van der Waals surface area contributed by atoms with Gasteiger partial charge in [-0.1, -0.05) is 41.4 Å². The third-order valence-electron chi connectivity index (χ3n) is 4.82. The number of para-hydroxylation sites is 2. The summed E-state index contributed by atoms with van der Waals surface area (Å²) in [5, 5.41) is 7.62. The van der Waals surface area contributed by atoms with E-state index in [-0.39, 0.29) is 6.61 Å². The minimum absolute atomic E-state index is 0.203. The number of rotatable bonds is 11. The second kappa shape index (κ2) is 13.9. The highest BCUT2D eigenvalue weighted by molar-refractivity contribution is 9.10. The highest BCUT2D eigenvalue weighted by Crippen LogP contribution is 2.37. The Labute approximate surface area is 233 Å². The van der Waals surface area contributed by atoms with Crippen molar-refractivity contribution in [3.05, 3.63) is 80.2 Å². The number of hydrazone groups is 1. The van der Waals surface area contributed by atoms with Crippen LogP contribution in [0.5, 0.6) is 17.2 Å². The van der Waals surface area contributed by atoms with E-state index >= 15 is 0 Å². The van der Waals surface area contributed by atoms with E-state index < -0.39 is 18.2 Å². The lowest BCUT2D eigenvalue weighted by atomic mass is 10.2. The molecule has 0 radical (unpaired) electrons. The zero-order valence-corrected chi connectivity index (χ0v) is 23.1. The summed E-state index contributed by atoms with van der Waals surface area (Å²) in [6.45, 7) is 2.46. The zero-order chi connectivity index (χ0) is 26.8. The summed E-state index contributed by atoms with van der Waals surface area (Å²) in [7, 11) is 1.50. The number of ether oxygens (including phenoxy) is 3. The molecule has 0 aliphatic heterocycles. The van der Waals surface area contributed by atoms with Crippen molar-refractivity contribution in [2.24, 2.45) is 5.10 Å². The molecule has 8 nitrogen and oxygen atoms in total. The van der Waals surface area contributed by atoms with E-state index in [1.54, 1.807) is 54.6 Å². The Morgan fingerprint density at radius 1 is 1.03 bits per heavy atom. The molecule has 194 valence electrons. The topological polar surface area (TPSA) is 98.2 Å². The first-order valence-electron chi connectivity index (χ1n) is 11.1. The van der Waals surface area contributed by atoms with E-state index in [1.165, 1.54) is 13.3 Å². The van der Waals surface area contributed by atoms with Gasteiger partial charge < -0.3 is 19.5 Å². The fourth-order valence-electron chi connectivity index (χ4n) is 3.16. The number of nitrogens with one attached hydrogen (secondary N) is 2. The lowest BCUT2D eigenvalue weighted by molar-refractivity contribution is -0.126. The van der Waals surface area contributed by atoms with Gasteiger partial charge in [-0.15, -0.1) is 0 Å². The molecule has 0 saturated heterocycles. The van der Waals surface area contributed by atoms with Gasteiger partial charge >= 0.3 is 0 Å². The molecule has 37 heavy (non-hydrogen) atoms. The Morgan fingerprint density at radius 3 is 2.54 bits per heavy atom. The normalized spacial score (nSPS) is 10.7. The summed E-state index contributed by atoms with van der Waals surface area (Å²) >= 11 is 15.7. The Balaban J connectivity index is 1.61. The molecule has 3 aromatic rings. The maximum atomic E-state index is 12.2. The minimum Gasteiger partial charge on any atom is -0.495 e. The molecule has 0 aliphatic rings. The largest absolute Gasteiger partial charge is 0.495 e. The third-order valence-corrected chi connectivity index (χ3v) is 6.00. The lowest BCUT2D eigenvalue weighted by Crippen LogP contribution is -2.24. The molecule has 3 aromatic carbocycles. The van der Waals surface area contributed by atoms with Crippen LogP contribution >= 0.6 is 39.1 Å². The molecule has 0 heterocycles. The van der Waals surface area contributed by atoms with Gasteiger partial charge in [-0.2, -0.15) is 5.10 Å². The number of nitrogens with zero attached hydrogens (tertiary/aromatic N) is 1. The van der Waals surface area contributed by atoms with Crippen LogP contribution in [0, 0.1) is 0 Å². The molecule has 0 atom stereocenters. The molecular formula is C26H24BrCl2N3O5. The summed E-state index contributed by atoms with van der Waals surface area (Å²) in [5.41, 5.74) is 4.22. The van der Waals surface area contributed by atoms with Crippen molar-refractivity contribution in [3.63, 3.8) is 0 Å². The Hall–Kier alpha value is -3.27. The predicted molar refractivity (Wildman–Crippen MR) is 148 cm³/mol. The molecule has 3 rings (SSSR count). The minimum atomic E-state index is -0.576. The van der Waals surface area contributed by atoms with Gasteiger partial charge in [0.05, 0.1) is 30.1 Å². The first-order valence-corrected chi connectivity index (χ1v) is 12.6. The number of methoxy groups -OCH3 is 1. The van der Waals surface area contributed by atoms with E-state index in [4.69, 9.17) is 37.4 Å². The van der Waals surface area contributed by atoms with Crippen LogP contribution in [-0.2, 0) is 16.2 Å². The van der Waals surface area contributed by atoms with Gasteiger partial charge in [0.15, 0.2) is 11.5 Å². The predicted octanol–water partition coefficient (Wildman–Crippen LogP) is 6.22. The maximum absolute atomic E-state index is 12.2. The van der Waals surface area contributed by atoms with Crippen molar-refractivity contribution in [2.75, 3.05) is 19.0 Å². The van der Waals surface area contributed by atoms with E-state index in [0.717, 1.165) is 5.56 Å². The van der Waals surface area contributed by atoms with E-state index in [9.17, 15) is 9.59 Å². The van der Waals surface area contributed by atoms with E-state index in [0.29, 0.717) is 49.6 Å². The van der Waals surface area contributed by atoms with Crippen molar-refractivity contribution in [1.29, 1.82) is 0 Å². The molecular weight excluding hydrogens is 585 g/mol. The van der Waals surface area contributed by atoms with Crippen LogP contribution < -0.4 is 25.0 Å². The number of anilines is 1. The Kier molecular flexibility index (Phi) is 10.6. The molecule has 2 amide bonds. The van der Waals surface area contributed by atoms with Crippen LogP contribution in [0.3, 0.4) is 0 Å².